The molecule has 2 aliphatic carbocycles. The van der Waals surface area contributed by atoms with E-state index < -0.39 is 0 Å². The highest BCUT2D eigenvalue weighted by Gasteiger charge is 2.56. The molecule has 1 fully saturated rings. The highest BCUT2D eigenvalue weighted by molar-refractivity contribution is 5.29. The maximum Gasteiger partial charge on any atom is 0.0124 e. The molecule has 0 spiro atoms. The molecule has 0 aliphatic heterocycles. The van der Waals surface area contributed by atoms with Gasteiger partial charge in [-0.3, -0.25) is 0 Å². The van der Waals surface area contributed by atoms with Gasteiger partial charge in [0.1, 0.15) is 0 Å². The summed E-state index contributed by atoms with van der Waals surface area (Å²) in [6.07, 6.45) is 4.90. The van der Waals surface area contributed by atoms with Crippen LogP contribution in [-0.4, -0.2) is 0 Å². The van der Waals surface area contributed by atoms with E-state index in [1.807, 2.05) is 0 Å². The van der Waals surface area contributed by atoms with Crippen LogP contribution in [-0.2, 0) is 0 Å². The highest BCUT2D eigenvalue weighted by atomic mass is 14.7. The van der Waals surface area contributed by atoms with Crippen molar-refractivity contribution in [1.29, 1.82) is 0 Å². The number of nitrogens with two attached hydrogens (primary N) is 1. The molecular formula is C10H17N. The fraction of sp³-hybridized carbons (Fsp3) is 0.800. The lowest BCUT2D eigenvalue weighted by Crippen LogP contribution is -2.32. The van der Waals surface area contributed by atoms with Crippen molar-refractivity contribution in [2.75, 3.05) is 0 Å². The van der Waals surface area contributed by atoms with Crippen LogP contribution in [0, 0.1) is 16.7 Å². The second-order valence-electron chi connectivity index (χ2n) is 4.82. The van der Waals surface area contributed by atoms with Crippen molar-refractivity contribution in [1.82, 2.24) is 0 Å². The third-order valence-corrected chi connectivity index (χ3v) is 4.32. The van der Waals surface area contributed by atoms with Gasteiger partial charge in [-0.2, -0.15) is 0 Å². The summed E-state index contributed by atoms with van der Waals surface area (Å²) in [4.78, 5) is 0. The van der Waals surface area contributed by atoms with Crippen LogP contribution in [0.3, 0.4) is 0 Å². The predicted molar refractivity (Wildman–Crippen MR) is 46.9 cm³/mol. The molecule has 0 saturated heterocycles. The van der Waals surface area contributed by atoms with Crippen LogP contribution in [0.25, 0.3) is 0 Å². The second kappa shape index (κ2) is 1.65. The Bertz CT molecular complexity index is 227. The lowest BCUT2D eigenvalue weighted by molar-refractivity contribution is 0.170. The van der Waals surface area contributed by atoms with E-state index in [1.165, 1.54) is 12.8 Å². The third-order valence-electron chi connectivity index (χ3n) is 4.32. The van der Waals surface area contributed by atoms with Gasteiger partial charge in [-0.05, 0) is 24.2 Å². The number of hydrogen-bond acceptors (Lipinski definition) is 1. The Morgan fingerprint density at radius 3 is 2.27 bits per heavy atom. The van der Waals surface area contributed by atoms with Gasteiger partial charge in [0.25, 0.3) is 0 Å². The molecule has 1 heteroatoms. The van der Waals surface area contributed by atoms with Crippen molar-refractivity contribution in [3.05, 3.63) is 11.8 Å². The number of fused-ring (bicyclic) bond motifs is 2. The minimum atomic E-state index is 0.303. The van der Waals surface area contributed by atoms with Crippen molar-refractivity contribution < 1.29 is 0 Å². The van der Waals surface area contributed by atoms with Crippen LogP contribution in [0.4, 0.5) is 0 Å². The summed E-state index contributed by atoms with van der Waals surface area (Å²) in [5.41, 5.74) is 7.85. The zero-order valence-corrected chi connectivity index (χ0v) is 7.65. The minimum Gasteiger partial charge on any atom is -0.402 e. The Hall–Kier alpha value is -0.460. The zero-order valence-electron chi connectivity index (χ0n) is 7.65. The quantitative estimate of drug-likeness (QED) is 0.564. The Balaban J connectivity index is 2.49. The van der Waals surface area contributed by atoms with Crippen LogP contribution in [0.15, 0.2) is 11.8 Å². The van der Waals surface area contributed by atoms with Crippen molar-refractivity contribution in [2.45, 2.75) is 33.6 Å². The average Bonchev–Trinajstić information content (AvgIpc) is 2.20. The van der Waals surface area contributed by atoms with Gasteiger partial charge in [-0.1, -0.05) is 26.8 Å². The molecule has 2 aliphatic rings. The van der Waals surface area contributed by atoms with Crippen LogP contribution < -0.4 is 5.73 Å². The minimum absolute atomic E-state index is 0.303. The van der Waals surface area contributed by atoms with Gasteiger partial charge >= 0.3 is 0 Å². The first-order valence-corrected chi connectivity index (χ1v) is 4.46. The number of rotatable bonds is 0. The molecule has 1 saturated carbocycles. The van der Waals surface area contributed by atoms with E-state index in [4.69, 9.17) is 5.73 Å². The van der Waals surface area contributed by atoms with Gasteiger partial charge < -0.3 is 5.73 Å². The predicted octanol–water partition coefficient (Wildman–Crippen LogP) is 2.29. The summed E-state index contributed by atoms with van der Waals surface area (Å²) in [6, 6.07) is 0. The fourth-order valence-electron chi connectivity index (χ4n) is 2.75. The Morgan fingerprint density at radius 2 is 2.09 bits per heavy atom. The summed E-state index contributed by atoms with van der Waals surface area (Å²) in [6.45, 7) is 7.01. The molecule has 0 aromatic carbocycles. The summed E-state index contributed by atoms with van der Waals surface area (Å²) >= 11 is 0. The summed E-state index contributed by atoms with van der Waals surface area (Å²) in [5, 5.41) is 0. The van der Waals surface area contributed by atoms with E-state index in [0.29, 0.717) is 10.8 Å². The lowest BCUT2D eigenvalue weighted by Gasteiger charge is -2.35. The van der Waals surface area contributed by atoms with Crippen LogP contribution in [0.5, 0.6) is 0 Å². The van der Waals surface area contributed by atoms with E-state index >= 15 is 0 Å². The van der Waals surface area contributed by atoms with E-state index in [1.54, 1.807) is 0 Å². The monoisotopic (exact) mass is 151 g/mol. The largest absolute Gasteiger partial charge is 0.402 e. The van der Waals surface area contributed by atoms with E-state index in [0.717, 1.165) is 11.6 Å². The van der Waals surface area contributed by atoms with Gasteiger partial charge in [0, 0.05) is 11.1 Å². The molecule has 0 heterocycles. The maximum absolute atomic E-state index is 5.99. The van der Waals surface area contributed by atoms with Gasteiger partial charge in [0.05, 0.1) is 0 Å². The molecule has 11 heavy (non-hydrogen) atoms. The average molecular weight is 151 g/mol. The standard InChI is InChI=1S/C10H17N/c1-9(2)7-4-5-10(9,3)8(11)6-7/h6-7H,4-5,11H2,1-3H3. The summed E-state index contributed by atoms with van der Waals surface area (Å²) in [7, 11) is 0. The smallest absolute Gasteiger partial charge is 0.0124 e. The van der Waals surface area contributed by atoms with Crippen molar-refractivity contribution in [2.24, 2.45) is 22.5 Å². The first-order chi connectivity index (χ1) is 4.98. The summed E-state index contributed by atoms with van der Waals surface area (Å²) < 4.78 is 0. The first-order valence-electron chi connectivity index (χ1n) is 4.46. The fourth-order valence-corrected chi connectivity index (χ4v) is 2.75. The van der Waals surface area contributed by atoms with Crippen LogP contribution in [0.1, 0.15) is 33.6 Å². The normalized spacial score (nSPS) is 46.1. The van der Waals surface area contributed by atoms with Crippen LogP contribution >= 0.6 is 0 Å². The topological polar surface area (TPSA) is 26.0 Å². The van der Waals surface area contributed by atoms with E-state index in [-0.39, 0.29) is 0 Å². The molecular weight excluding hydrogens is 134 g/mol. The van der Waals surface area contributed by atoms with E-state index in [9.17, 15) is 0 Å². The van der Waals surface area contributed by atoms with E-state index in [2.05, 4.69) is 26.8 Å². The van der Waals surface area contributed by atoms with Crippen LogP contribution in [0.2, 0.25) is 0 Å². The molecule has 2 atom stereocenters. The molecule has 1 nitrogen and oxygen atoms in total. The third kappa shape index (κ3) is 0.582. The molecule has 0 aromatic rings. The van der Waals surface area contributed by atoms with Crippen molar-refractivity contribution in [3.8, 4) is 0 Å². The molecule has 2 rings (SSSR count). The Labute approximate surface area is 68.7 Å². The van der Waals surface area contributed by atoms with Gasteiger partial charge in [0.2, 0.25) is 0 Å². The van der Waals surface area contributed by atoms with Gasteiger partial charge in [-0.15, -0.1) is 0 Å². The first kappa shape index (κ1) is 7.20. The maximum atomic E-state index is 5.99. The molecule has 0 radical (unpaired) electrons. The lowest BCUT2D eigenvalue weighted by atomic mass is 9.69. The van der Waals surface area contributed by atoms with Gasteiger partial charge in [-0.25, -0.2) is 0 Å². The van der Waals surface area contributed by atoms with Crippen molar-refractivity contribution in [3.63, 3.8) is 0 Å². The molecule has 2 unspecified atom stereocenters. The highest BCUT2D eigenvalue weighted by Crippen LogP contribution is 2.63. The molecule has 62 valence electrons. The zero-order chi connectivity index (χ0) is 8.28. The second-order valence-corrected chi connectivity index (χ2v) is 4.82. The number of allylic oxidation sites excluding steroid dienone is 2. The Kier molecular flexibility index (Phi) is 1.08. The van der Waals surface area contributed by atoms with Gasteiger partial charge in [0.15, 0.2) is 0 Å². The number of hydrogen-bond donors (Lipinski definition) is 1. The Morgan fingerprint density at radius 1 is 1.45 bits per heavy atom. The summed E-state index contributed by atoms with van der Waals surface area (Å²) in [5.74, 6) is 0.743. The van der Waals surface area contributed by atoms with Crippen molar-refractivity contribution >= 4 is 0 Å². The SMILES string of the molecule is CC12CCC(C=C1N)C2(C)C. The molecule has 2 N–H and O–H groups in total. The molecule has 0 amide bonds. The molecule has 0 aromatic heterocycles. The molecule has 2 bridgehead atoms.